The molecule has 0 amide bonds. The van der Waals surface area contributed by atoms with E-state index in [1.807, 2.05) is 0 Å². The Morgan fingerprint density at radius 3 is 2.12 bits per heavy atom. The maximum absolute atomic E-state index is 10.1. The van der Waals surface area contributed by atoms with Gasteiger partial charge in [-0.25, -0.2) is 0 Å². The van der Waals surface area contributed by atoms with Crippen LogP contribution in [0.25, 0.3) is 0 Å². The lowest BCUT2D eigenvalue weighted by Gasteiger charge is -1.85. The molecule has 0 aromatic carbocycles. The third kappa shape index (κ3) is 3.61. The van der Waals surface area contributed by atoms with Crippen molar-refractivity contribution >= 4 is 23.4 Å². The van der Waals surface area contributed by atoms with Crippen LogP contribution in [0.1, 0.15) is 6.42 Å². The summed E-state index contributed by atoms with van der Waals surface area (Å²) < 4.78 is 0. The SMILES string of the molecule is O=C(O)CC(=O)CCl. The number of carbonyl (C=O) groups is 2. The second kappa shape index (κ2) is 3.43. The molecule has 3 nitrogen and oxygen atoms in total. The molecule has 0 aliphatic rings. The van der Waals surface area contributed by atoms with Crippen LogP contribution in [-0.4, -0.2) is 22.7 Å². The summed E-state index contributed by atoms with van der Waals surface area (Å²) in [6.07, 6.45) is -0.469. The fourth-order valence-electron chi connectivity index (χ4n) is 0.216. The summed E-state index contributed by atoms with van der Waals surface area (Å²) >= 11 is 4.98. The van der Waals surface area contributed by atoms with Crippen LogP contribution < -0.4 is 0 Å². The zero-order chi connectivity index (χ0) is 6.57. The smallest absolute Gasteiger partial charge is 0.310 e. The molecule has 1 N–H and O–H groups in total. The number of ketones is 1. The maximum atomic E-state index is 10.1. The van der Waals surface area contributed by atoms with Crippen LogP contribution in [0.5, 0.6) is 0 Å². The van der Waals surface area contributed by atoms with Gasteiger partial charge in [0.2, 0.25) is 0 Å². The second-order valence-electron chi connectivity index (χ2n) is 1.24. The molecule has 0 heterocycles. The molecule has 46 valence electrons. The molecular weight excluding hydrogens is 131 g/mol. The van der Waals surface area contributed by atoms with Crippen LogP contribution in [0.4, 0.5) is 0 Å². The Labute approximate surface area is 51.3 Å². The molecule has 0 fully saturated rings. The van der Waals surface area contributed by atoms with Gasteiger partial charge >= 0.3 is 5.97 Å². The highest BCUT2D eigenvalue weighted by molar-refractivity contribution is 6.28. The molecule has 0 saturated carbocycles. The highest BCUT2D eigenvalue weighted by atomic mass is 35.5. The molecular formula is C4H5ClO3. The molecule has 0 aromatic rings. The van der Waals surface area contributed by atoms with Gasteiger partial charge in [-0.2, -0.15) is 0 Å². The van der Waals surface area contributed by atoms with Gasteiger partial charge < -0.3 is 5.11 Å². The summed E-state index contributed by atoms with van der Waals surface area (Å²) in [4.78, 5) is 19.8. The van der Waals surface area contributed by atoms with Crippen LogP contribution in [0, 0.1) is 0 Å². The van der Waals surface area contributed by atoms with Crippen molar-refractivity contribution in [3.05, 3.63) is 0 Å². The van der Waals surface area contributed by atoms with E-state index in [9.17, 15) is 9.59 Å². The summed E-state index contributed by atoms with van der Waals surface area (Å²) in [5.74, 6) is -1.80. The number of aliphatic carboxylic acids is 1. The topological polar surface area (TPSA) is 54.4 Å². The van der Waals surface area contributed by atoms with E-state index in [1.54, 1.807) is 0 Å². The predicted molar refractivity (Wildman–Crippen MR) is 28.0 cm³/mol. The monoisotopic (exact) mass is 136 g/mol. The number of hydrogen-bond donors (Lipinski definition) is 1. The quantitative estimate of drug-likeness (QED) is 0.448. The molecule has 0 unspecified atom stereocenters. The Morgan fingerprint density at radius 2 is 2.00 bits per heavy atom. The van der Waals surface area contributed by atoms with Gasteiger partial charge in [0.15, 0.2) is 5.78 Å². The summed E-state index contributed by atoms with van der Waals surface area (Å²) in [5, 5.41) is 7.94. The third-order valence-corrected chi connectivity index (χ3v) is 0.796. The van der Waals surface area contributed by atoms with Crippen LogP contribution in [0.15, 0.2) is 0 Å². The van der Waals surface area contributed by atoms with Gasteiger partial charge in [-0.3, -0.25) is 9.59 Å². The molecule has 0 bridgehead atoms. The van der Waals surface area contributed by atoms with Gasteiger partial charge in [0.1, 0.15) is 6.42 Å². The first-order valence-electron chi connectivity index (χ1n) is 1.96. The number of halogens is 1. The van der Waals surface area contributed by atoms with Gasteiger partial charge in [0.25, 0.3) is 0 Å². The number of carboxylic acids is 1. The molecule has 0 atom stereocenters. The molecule has 0 aliphatic carbocycles. The summed E-state index contributed by atoms with van der Waals surface area (Å²) in [6, 6.07) is 0. The van der Waals surface area contributed by atoms with Crippen molar-refractivity contribution in [2.24, 2.45) is 0 Å². The van der Waals surface area contributed by atoms with Crippen molar-refractivity contribution in [1.29, 1.82) is 0 Å². The minimum Gasteiger partial charge on any atom is -0.481 e. The van der Waals surface area contributed by atoms with Crippen LogP contribution in [-0.2, 0) is 9.59 Å². The van der Waals surface area contributed by atoms with Crippen molar-refractivity contribution < 1.29 is 14.7 Å². The van der Waals surface area contributed by atoms with Crippen molar-refractivity contribution in [3.63, 3.8) is 0 Å². The Bertz CT molecular complexity index is 110. The lowest BCUT2D eigenvalue weighted by Crippen LogP contribution is -2.06. The third-order valence-electron chi connectivity index (χ3n) is 0.497. The standard InChI is InChI=1S/C4H5ClO3/c5-2-3(6)1-4(7)8/h1-2H2,(H,7,8). The Balaban J connectivity index is 3.40. The van der Waals surface area contributed by atoms with Gasteiger partial charge in [0.05, 0.1) is 5.88 Å². The largest absolute Gasteiger partial charge is 0.481 e. The van der Waals surface area contributed by atoms with E-state index in [2.05, 4.69) is 0 Å². The number of hydrogen-bond acceptors (Lipinski definition) is 2. The zero-order valence-electron chi connectivity index (χ0n) is 4.06. The first-order chi connectivity index (χ1) is 3.66. The lowest BCUT2D eigenvalue weighted by atomic mass is 10.3. The molecule has 0 rings (SSSR count). The van der Waals surface area contributed by atoms with Gasteiger partial charge in [-0.05, 0) is 0 Å². The summed E-state index contributed by atoms with van der Waals surface area (Å²) in [5.41, 5.74) is 0. The summed E-state index contributed by atoms with van der Waals surface area (Å²) in [7, 11) is 0. The van der Waals surface area contributed by atoms with E-state index in [0.29, 0.717) is 0 Å². The van der Waals surface area contributed by atoms with Crippen LogP contribution in [0.2, 0.25) is 0 Å². The van der Waals surface area contributed by atoms with Crippen LogP contribution in [0.3, 0.4) is 0 Å². The average Bonchev–Trinajstić information content (AvgIpc) is 1.65. The molecule has 0 aromatic heterocycles. The van der Waals surface area contributed by atoms with Crippen molar-refractivity contribution in [2.45, 2.75) is 6.42 Å². The average molecular weight is 137 g/mol. The molecule has 8 heavy (non-hydrogen) atoms. The highest BCUT2D eigenvalue weighted by Gasteiger charge is 2.03. The number of Topliss-reactive ketones (excluding diaryl/α,β-unsaturated/α-hetero) is 1. The normalized spacial score (nSPS) is 8.62. The van der Waals surface area contributed by atoms with Gasteiger partial charge in [0, 0.05) is 0 Å². The number of carboxylic acid groups (broad SMARTS) is 1. The van der Waals surface area contributed by atoms with E-state index < -0.39 is 18.2 Å². The summed E-state index contributed by atoms with van der Waals surface area (Å²) in [6.45, 7) is 0. The maximum Gasteiger partial charge on any atom is 0.310 e. The molecule has 0 saturated heterocycles. The predicted octanol–water partition coefficient (Wildman–Crippen LogP) is 0.269. The minimum absolute atomic E-state index is 0.216. The number of alkyl halides is 1. The molecule has 0 radical (unpaired) electrons. The fraction of sp³-hybridized carbons (Fsp3) is 0.500. The Morgan fingerprint density at radius 1 is 1.50 bits per heavy atom. The first-order valence-corrected chi connectivity index (χ1v) is 2.49. The zero-order valence-corrected chi connectivity index (χ0v) is 4.81. The second-order valence-corrected chi connectivity index (χ2v) is 1.51. The van der Waals surface area contributed by atoms with Crippen molar-refractivity contribution in [3.8, 4) is 0 Å². The van der Waals surface area contributed by atoms with Gasteiger partial charge in [-0.15, -0.1) is 11.6 Å². The van der Waals surface area contributed by atoms with E-state index in [-0.39, 0.29) is 5.88 Å². The minimum atomic E-state index is -1.13. The van der Waals surface area contributed by atoms with E-state index in [1.165, 1.54) is 0 Å². The molecule has 4 heteroatoms. The van der Waals surface area contributed by atoms with E-state index in [4.69, 9.17) is 16.7 Å². The van der Waals surface area contributed by atoms with E-state index in [0.717, 1.165) is 0 Å². The van der Waals surface area contributed by atoms with Gasteiger partial charge in [-0.1, -0.05) is 0 Å². The van der Waals surface area contributed by atoms with E-state index >= 15 is 0 Å². The fourth-order valence-corrected chi connectivity index (χ4v) is 0.310. The lowest BCUT2D eigenvalue weighted by molar-refractivity contribution is -0.139. The Hall–Kier alpha value is -0.570. The van der Waals surface area contributed by atoms with Crippen molar-refractivity contribution in [1.82, 2.24) is 0 Å². The molecule has 0 spiro atoms. The number of rotatable bonds is 3. The number of carbonyl (C=O) groups excluding carboxylic acids is 1. The van der Waals surface area contributed by atoms with Crippen LogP contribution >= 0.6 is 11.6 Å². The Kier molecular flexibility index (Phi) is 3.19. The van der Waals surface area contributed by atoms with Crippen molar-refractivity contribution in [2.75, 3.05) is 5.88 Å². The first kappa shape index (κ1) is 7.43. The molecule has 0 aliphatic heterocycles. The highest BCUT2D eigenvalue weighted by Crippen LogP contribution is 1.84.